The summed E-state index contributed by atoms with van der Waals surface area (Å²) in [5.41, 5.74) is -3.38. The number of aliphatic carboxylic acids is 2. The van der Waals surface area contributed by atoms with E-state index in [-0.39, 0.29) is 33.4 Å². The van der Waals surface area contributed by atoms with Crippen LogP contribution >= 0.6 is 0 Å². The number of aliphatic hydroxyl groups excluding tert-OH is 1. The molecule has 2 aromatic carbocycles. The van der Waals surface area contributed by atoms with Crippen molar-refractivity contribution in [2.24, 2.45) is 0 Å². The number of benzene rings is 2. The summed E-state index contributed by atoms with van der Waals surface area (Å²) in [6, 6.07) is 3.14. The Balaban J connectivity index is 2.13. The zero-order valence-electron chi connectivity index (χ0n) is 17.2. The molecular weight excluding hydrogens is 452 g/mol. The van der Waals surface area contributed by atoms with Crippen molar-refractivity contribution >= 4 is 40.2 Å². The highest BCUT2D eigenvalue weighted by atomic mass is 16.4. The summed E-state index contributed by atoms with van der Waals surface area (Å²) in [5, 5.41) is 59.5. The van der Waals surface area contributed by atoms with Crippen molar-refractivity contribution < 1.29 is 54.2 Å². The van der Waals surface area contributed by atoms with Gasteiger partial charge in [0.25, 0.3) is 0 Å². The van der Waals surface area contributed by atoms with E-state index in [1.54, 1.807) is 0 Å². The average Bonchev–Trinajstić information content (AvgIpc) is 3.09. The molecule has 11 nitrogen and oxygen atoms in total. The Bertz CT molecular complexity index is 1550. The molecule has 1 aliphatic rings. The van der Waals surface area contributed by atoms with Crippen LogP contribution in [0.3, 0.4) is 0 Å². The highest BCUT2D eigenvalue weighted by Crippen LogP contribution is 2.48. The number of aryl methyl sites for hydroxylation is 1. The Hall–Kier alpha value is -5.06. The molecule has 0 saturated heterocycles. The summed E-state index contributed by atoms with van der Waals surface area (Å²) in [4.78, 5) is 48.4. The monoisotopic (exact) mass is 466 g/mol. The number of hydrogen-bond acceptors (Lipinski definition) is 9. The SMILES string of the molecule is C=C(C(=O)O)/C(C(=O)O)=C(/O)c1c(C)oc2cc3c(c(O)c12)C(=O)C(=O)c1cc(O)c(O)cc1-3. The van der Waals surface area contributed by atoms with Crippen LogP contribution in [-0.2, 0) is 9.59 Å². The van der Waals surface area contributed by atoms with Crippen LogP contribution < -0.4 is 0 Å². The molecule has 3 aromatic rings. The normalized spacial score (nSPS) is 13.3. The molecule has 11 heteroatoms. The van der Waals surface area contributed by atoms with Crippen molar-refractivity contribution in [2.75, 3.05) is 0 Å². The molecule has 0 aliphatic heterocycles. The molecule has 1 aromatic heterocycles. The number of furan rings is 1. The third-order valence-electron chi connectivity index (χ3n) is 5.46. The van der Waals surface area contributed by atoms with Gasteiger partial charge in [-0.1, -0.05) is 6.58 Å². The van der Waals surface area contributed by atoms with Crippen molar-refractivity contribution in [1.29, 1.82) is 0 Å². The van der Waals surface area contributed by atoms with Crippen LogP contribution in [0, 0.1) is 6.92 Å². The summed E-state index contributed by atoms with van der Waals surface area (Å²) in [6.45, 7) is 4.43. The Morgan fingerprint density at radius 3 is 2.00 bits per heavy atom. The van der Waals surface area contributed by atoms with Gasteiger partial charge in [-0.25, -0.2) is 9.59 Å². The number of hydrogen-bond donors (Lipinski definition) is 6. The first-order valence-corrected chi connectivity index (χ1v) is 9.40. The molecule has 0 saturated carbocycles. The largest absolute Gasteiger partial charge is 0.506 e. The first kappa shape index (κ1) is 22.1. The lowest BCUT2D eigenvalue weighted by Gasteiger charge is -2.20. The topological polar surface area (TPSA) is 203 Å². The molecule has 0 unspecified atom stereocenters. The number of fused-ring (bicyclic) bond motifs is 4. The lowest BCUT2D eigenvalue weighted by molar-refractivity contribution is -0.136. The summed E-state index contributed by atoms with van der Waals surface area (Å²) >= 11 is 0. The van der Waals surface area contributed by atoms with Crippen molar-refractivity contribution in [2.45, 2.75) is 6.92 Å². The Labute approximate surface area is 188 Å². The van der Waals surface area contributed by atoms with E-state index in [1.165, 1.54) is 13.0 Å². The van der Waals surface area contributed by atoms with Crippen LogP contribution in [0.2, 0.25) is 0 Å². The molecule has 4 rings (SSSR count). The third kappa shape index (κ3) is 2.91. The molecule has 0 atom stereocenters. The predicted molar refractivity (Wildman–Crippen MR) is 114 cm³/mol. The van der Waals surface area contributed by atoms with E-state index in [1.807, 2.05) is 0 Å². The van der Waals surface area contributed by atoms with Crippen LogP contribution in [0.25, 0.3) is 27.9 Å². The van der Waals surface area contributed by atoms with E-state index in [0.29, 0.717) is 0 Å². The number of rotatable bonds is 4. The molecule has 1 heterocycles. The fraction of sp³-hybridized carbons (Fsp3) is 0.0435. The van der Waals surface area contributed by atoms with Crippen LogP contribution in [0.1, 0.15) is 32.0 Å². The smallest absolute Gasteiger partial charge is 0.340 e. The molecule has 1 aliphatic carbocycles. The van der Waals surface area contributed by atoms with E-state index >= 15 is 0 Å². The van der Waals surface area contributed by atoms with Gasteiger partial charge in [0.15, 0.2) is 11.5 Å². The third-order valence-corrected chi connectivity index (χ3v) is 5.46. The predicted octanol–water partition coefficient (Wildman–Crippen LogP) is 2.90. The quantitative estimate of drug-likeness (QED) is 0.108. The number of carboxylic acid groups (broad SMARTS) is 2. The van der Waals surface area contributed by atoms with Gasteiger partial charge in [0.1, 0.15) is 28.4 Å². The zero-order valence-corrected chi connectivity index (χ0v) is 17.2. The molecule has 34 heavy (non-hydrogen) atoms. The van der Waals surface area contributed by atoms with Crippen molar-refractivity contribution in [3.8, 4) is 28.4 Å². The Morgan fingerprint density at radius 2 is 1.44 bits per heavy atom. The highest BCUT2D eigenvalue weighted by molar-refractivity contribution is 6.54. The lowest BCUT2D eigenvalue weighted by Crippen LogP contribution is -2.21. The number of aliphatic hydroxyl groups is 1. The maximum Gasteiger partial charge on any atom is 0.340 e. The highest BCUT2D eigenvalue weighted by Gasteiger charge is 2.37. The van der Waals surface area contributed by atoms with E-state index in [0.717, 1.165) is 12.1 Å². The molecular formula is C23H14O11. The summed E-state index contributed by atoms with van der Waals surface area (Å²) in [7, 11) is 0. The van der Waals surface area contributed by atoms with E-state index in [9.17, 15) is 44.7 Å². The van der Waals surface area contributed by atoms with Crippen molar-refractivity contribution in [3.63, 3.8) is 0 Å². The summed E-state index contributed by atoms with van der Waals surface area (Å²) in [6.07, 6.45) is 0. The van der Waals surface area contributed by atoms with Gasteiger partial charge in [-0.2, -0.15) is 0 Å². The second-order valence-corrected chi connectivity index (χ2v) is 7.41. The standard InChI is InChI=1S/C23H14O11/c1-6(22(30)31)14(23(32)33)19(27)15-7(2)34-13-5-9-8-3-11(24)12(25)4-10(8)18(26)21(29)16(9)20(28)17(13)15/h3-5,24-25,27-28H,1H2,2H3,(H,30,31)(H,32,33)/b19-14-. The lowest BCUT2D eigenvalue weighted by atomic mass is 9.82. The number of phenols is 3. The second kappa shape index (κ2) is 7.24. The minimum absolute atomic E-state index is 0.00736. The minimum Gasteiger partial charge on any atom is -0.506 e. The molecule has 172 valence electrons. The van der Waals surface area contributed by atoms with Gasteiger partial charge in [0.05, 0.1) is 22.1 Å². The number of carbonyl (C=O) groups is 4. The first-order valence-electron chi connectivity index (χ1n) is 9.40. The average molecular weight is 466 g/mol. The maximum absolute atomic E-state index is 12.8. The molecule has 0 spiro atoms. The van der Waals surface area contributed by atoms with Crippen LogP contribution in [0.5, 0.6) is 17.2 Å². The van der Waals surface area contributed by atoms with Gasteiger partial charge in [-0.05, 0) is 30.7 Å². The Morgan fingerprint density at radius 1 is 0.853 bits per heavy atom. The minimum atomic E-state index is -1.83. The fourth-order valence-electron chi connectivity index (χ4n) is 3.91. The van der Waals surface area contributed by atoms with Crippen molar-refractivity contribution in [3.05, 3.63) is 58.4 Å². The molecule has 0 radical (unpaired) electrons. The molecule has 0 fully saturated rings. The van der Waals surface area contributed by atoms with E-state index < -0.39 is 68.8 Å². The number of phenolic OH excluding ortho intramolecular Hbond substituents is 3. The summed E-state index contributed by atoms with van der Waals surface area (Å²) < 4.78 is 5.54. The van der Waals surface area contributed by atoms with E-state index in [4.69, 9.17) is 9.52 Å². The number of aromatic hydroxyl groups is 3. The van der Waals surface area contributed by atoms with Crippen LogP contribution in [-0.4, -0.2) is 54.1 Å². The fourth-order valence-corrected chi connectivity index (χ4v) is 3.91. The molecule has 0 amide bonds. The van der Waals surface area contributed by atoms with Gasteiger partial charge in [0.2, 0.25) is 11.6 Å². The molecule has 0 bridgehead atoms. The van der Waals surface area contributed by atoms with Crippen LogP contribution in [0.4, 0.5) is 0 Å². The first-order chi connectivity index (χ1) is 15.9. The van der Waals surface area contributed by atoms with Crippen molar-refractivity contribution in [1.82, 2.24) is 0 Å². The molecule has 6 N–H and O–H groups in total. The second-order valence-electron chi connectivity index (χ2n) is 7.41. The van der Waals surface area contributed by atoms with Gasteiger partial charge in [-0.3, -0.25) is 9.59 Å². The van der Waals surface area contributed by atoms with Gasteiger partial charge in [-0.15, -0.1) is 0 Å². The van der Waals surface area contributed by atoms with Gasteiger partial charge < -0.3 is 35.1 Å². The summed E-state index contributed by atoms with van der Waals surface area (Å²) in [5.74, 6) is -9.14. The number of ketones is 2. The van der Waals surface area contributed by atoms with E-state index in [2.05, 4.69) is 6.58 Å². The maximum atomic E-state index is 12.8. The number of carboxylic acids is 2. The Kier molecular flexibility index (Phi) is 4.71. The zero-order chi connectivity index (χ0) is 25.2. The van der Waals surface area contributed by atoms with Gasteiger partial charge >= 0.3 is 11.9 Å². The number of carbonyl (C=O) groups excluding carboxylic acids is 2. The van der Waals surface area contributed by atoms with Crippen LogP contribution in [0.15, 0.2) is 40.3 Å². The van der Waals surface area contributed by atoms with Gasteiger partial charge in [0, 0.05) is 11.1 Å². The number of Topliss-reactive ketones (excluding diaryl/α,β-unsaturated/α-hetero) is 2.